The highest BCUT2D eigenvalue weighted by Crippen LogP contribution is 2.31. The highest BCUT2D eigenvalue weighted by atomic mass is 35.5. The second-order valence-corrected chi connectivity index (χ2v) is 7.35. The van der Waals surface area contributed by atoms with E-state index in [0.717, 1.165) is 11.7 Å². The van der Waals surface area contributed by atoms with Crippen molar-refractivity contribution in [1.29, 1.82) is 0 Å². The lowest BCUT2D eigenvalue weighted by Crippen LogP contribution is -2.34. The number of aromatic nitrogens is 2. The van der Waals surface area contributed by atoms with Crippen LogP contribution in [0.25, 0.3) is 11.0 Å². The predicted molar refractivity (Wildman–Crippen MR) is 83.0 cm³/mol. The van der Waals surface area contributed by atoms with Crippen molar-refractivity contribution < 1.29 is 8.42 Å². The Balaban J connectivity index is 2.31. The molecule has 0 bridgehead atoms. The fraction of sp³-hybridized carbons (Fsp3) is 0.455. The van der Waals surface area contributed by atoms with Crippen molar-refractivity contribution in [3.8, 4) is 0 Å². The zero-order valence-electron chi connectivity index (χ0n) is 11.1. The van der Waals surface area contributed by atoms with Crippen LogP contribution in [-0.2, 0) is 10.0 Å². The first-order valence-corrected chi connectivity index (χ1v) is 8.74. The van der Waals surface area contributed by atoms with Crippen LogP contribution in [0, 0.1) is 0 Å². The number of benzene rings is 1. The van der Waals surface area contributed by atoms with Gasteiger partial charge >= 0.3 is 0 Å². The zero-order valence-corrected chi connectivity index (χ0v) is 13.4. The SMILES string of the molecule is CCNCC(C)S(=O)(=O)Nc1c(Cl)ccc2nsnc12. The average molecular weight is 335 g/mol. The number of rotatable bonds is 6. The number of anilines is 1. The standard InChI is InChI=1S/C11H15ClN4O2S2/c1-3-13-6-7(2)20(17,18)16-10-8(12)4-5-9-11(10)15-19-14-9/h4-5,7,13,16H,3,6H2,1-2H3. The molecule has 9 heteroatoms. The molecule has 0 radical (unpaired) electrons. The highest BCUT2D eigenvalue weighted by Gasteiger charge is 2.23. The molecule has 2 aromatic rings. The third-order valence-corrected chi connectivity index (χ3v) is 5.41. The molecule has 110 valence electrons. The number of sulfonamides is 1. The van der Waals surface area contributed by atoms with Gasteiger partial charge < -0.3 is 5.32 Å². The molecule has 6 nitrogen and oxygen atoms in total. The van der Waals surface area contributed by atoms with Crippen molar-refractivity contribution in [2.45, 2.75) is 19.1 Å². The van der Waals surface area contributed by atoms with Crippen LogP contribution in [0.3, 0.4) is 0 Å². The lowest BCUT2D eigenvalue weighted by atomic mass is 10.3. The van der Waals surface area contributed by atoms with Gasteiger partial charge in [-0.2, -0.15) is 8.75 Å². The third-order valence-electron chi connectivity index (χ3n) is 2.83. The van der Waals surface area contributed by atoms with Crippen molar-refractivity contribution in [1.82, 2.24) is 14.1 Å². The van der Waals surface area contributed by atoms with Crippen molar-refractivity contribution in [2.24, 2.45) is 0 Å². The molecule has 1 aromatic carbocycles. The number of halogens is 1. The van der Waals surface area contributed by atoms with Crippen LogP contribution in [0.2, 0.25) is 5.02 Å². The number of nitrogens with zero attached hydrogens (tertiary/aromatic N) is 2. The van der Waals surface area contributed by atoms with Crippen LogP contribution in [0.15, 0.2) is 12.1 Å². The van der Waals surface area contributed by atoms with E-state index < -0.39 is 15.3 Å². The Morgan fingerprint density at radius 3 is 2.85 bits per heavy atom. The third kappa shape index (κ3) is 3.20. The first kappa shape index (κ1) is 15.4. The van der Waals surface area contributed by atoms with Crippen molar-refractivity contribution in [3.05, 3.63) is 17.2 Å². The molecule has 0 fully saturated rings. The molecule has 1 heterocycles. The predicted octanol–water partition coefficient (Wildman–Crippen LogP) is 2.08. The number of hydrogen-bond acceptors (Lipinski definition) is 6. The van der Waals surface area contributed by atoms with E-state index in [9.17, 15) is 8.42 Å². The normalized spacial score (nSPS) is 13.6. The summed E-state index contributed by atoms with van der Waals surface area (Å²) in [5.74, 6) is 0. The minimum absolute atomic E-state index is 0.293. The van der Waals surface area contributed by atoms with E-state index in [1.165, 1.54) is 0 Å². The summed E-state index contributed by atoms with van der Waals surface area (Å²) in [6.45, 7) is 4.64. The first-order valence-electron chi connectivity index (χ1n) is 6.08. The van der Waals surface area contributed by atoms with Gasteiger partial charge in [-0.1, -0.05) is 18.5 Å². The van der Waals surface area contributed by atoms with E-state index in [1.807, 2.05) is 6.92 Å². The quantitative estimate of drug-likeness (QED) is 0.845. The van der Waals surface area contributed by atoms with E-state index in [0.29, 0.717) is 34.8 Å². The minimum Gasteiger partial charge on any atom is -0.316 e. The fourth-order valence-electron chi connectivity index (χ4n) is 1.62. The number of hydrogen-bond donors (Lipinski definition) is 2. The van der Waals surface area contributed by atoms with Crippen molar-refractivity contribution in [2.75, 3.05) is 17.8 Å². The highest BCUT2D eigenvalue weighted by molar-refractivity contribution is 7.93. The molecule has 0 amide bonds. The van der Waals surface area contributed by atoms with Crippen LogP contribution in [-0.4, -0.2) is 35.5 Å². The summed E-state index contributed by atoms with van der Waals surface area (Å²) in [4.78, 5) is 0. The Hall–Kier alpha value is -0.960. The van der Waals surface area contributed by atoms with Crippen molar-refractivity contribution in [3.63, 3.8) is 0 Å². The largest absolute Gasteiger partial charge is 0.316 e. The van der Waals surface area contributed by atoms with Crippen LogP contribution in [0.4, 0.5) is 5.69 Å². The summed E-state index contributed by atoms with van der Waals surface area (Å²) in [6, 6.07) is 3.32. The minimum atomic E-state index is -3.54. The summed E-state index contributed by atoms with van der Waals surface area (Å²) in [6.07, 6.45) is 0. The zero-order chi connectivity index (χ0) is 14.8. The maximum Gasteiger partial charge on any atom is 0.236 e. The molecule has 0 aliphatic heterocycles. The van der Waals surface area contributed by atoms with Crippen LogP contribution in [0.5, 0.6) is 0 Å². The molecular formula is C11H15ClN4O2S2. The average Bonchev–Trinajstić information content (AvgIpc) is 2.87. The molecule has 0 saturated carbocycles. The van der Waals surface area contributed by atoms with E-state index >= 15 is 0 Å². The van der Waals surface area contributed by atoms with Crippen LogP contribution in [0.1, 0.15) is 13.8 Å². The maximum atomic E-state index is 12.3. The molecular weight excluding hydrogens is 320 g/mol. The molecule has 20 heavy (non-hydrogen) atoms. The van der Waals surface area contributed by atoms with Gasteiger partial charge in [0.05, 0.1) is 27.7 Å². The smallest absolute Gasteiger partial charge is 0.236 e. The molecule has 0 saturated heterocycles. The van der Waals surface area contributed by atoms with Gasteiger partial charge in [-0.25, -0.2) is 8.42 Å². The molecule has 1 aromatic heterocycles. The van der Waals surface area contributed by atoms with Gasteiger partial charge in [-0.05, 0) is 25.6 Å². The van der Waals surface area contributed by atoms with Crippen molar-refractivity contribution >= 4 is 50.1 Å². The molecule has 0 aliphatic rings. The Morgan fingerprint density at radius 2 is 2.15 bits per heavy atom. The molecule has 1 unspecified atom stereocenters. The van der Waals surface area contributed by atoms with Gasteiger partial charge in [0.15, 0.2) is 0 Å². The van der Waals surface area contributed by atoms with Crippen LogP contribution >= 0.6 is 23.3 Å². The lowest BCUT2D eigenvalue weighted by Gasteiger charge is -2.15. The Bertz CT molecular complexity index is 702. The molecule has 0 aliphatic carbocycles. The summed E-state index contributed by atoms with van der Waals surface area (Å²) in [5.41, 5.74) is 1.39. The van der Waals surface area contributed by atoms with E-state index in [4.69, 9.17) is 11.6 Å². The van der Waals surface area contributed by atoms with Gasteiger partial charge in [-0.15, -0.1) is 0 Å². The molecule has 1 atom stereocenters. The molecule has 2 rings (SSSR count). The van der Waals surface area contributed by atoms with Gasteiger partial charge in [0.25, 0.3) is 0 Å². The monoisotopic (exact) mass is 334 g/mol. The Labute approximate surface area is 126 Å². The van der Waals surface area contributed by atoms with Gasteiger partial charge in [0.2, 0.25) is 10.0 Å². The van der Waals surface area contributed by atoms with Gasteiger partial charge in [0, 0.05) is 6.54 Å². The Morgan fingerprint density at radius 1 is 1.40 bits per heavy atom. The number of fused-ring (bicyclic) bond motifs is 1. The summed E-state index contributed by atoms with van der Waals surface area (Å²) >= 11 is 7.09. The van der Waals surface area contributed by atoms with E-state index in [-0.39, 0.29) is 0 Å². The fourth-order valence-corrected chi connectivity index (χ4v) is 3.45. The second-order valence-electron chi connectivity index (χ2n) is 4.32. The topological polar surface area (TPSA) is 84.0 Å². The van der Waals surface area contributed by atoms with E-state index in [1.54, 1.807) is 19.1 Å². The van der Waals surface area contributed by atoms with E-state index in [2.05, 4.69) is 18.8 Å². The molecule has 0 spiro atoms. The Kier molecular flexibility index (Phi) is 4.79. The number of nitrogens with one attached hydrogen (secondary N) is 2. The van der Waals surface area contributed by atoms with Gasteiger partial charge in [-0.3, -0.25) is 4.72 Å². The summed E-state index contributed by atoms with van der Waals surface area (Å²) in [5, 5.41) is 2.74. The van der Waals surface area contributed by atoms with Crippen LogP contribution < -0.4 is 10.0 Å². The first-order chi connectivity index (χ1) is 9.45. The second kappa shape index (κ2) is 6.21. The van der Waals surface area contributed by atoms with Gasteiger partial charge in [0.1, 0.15) is 11.0 Å². The lowest BCUT2D eigenvalue weighted by molar-refractivity contribution is 0.579. The molecule has 2 N–H and O–H groups in total. The maximum absolute atomic E-state index is 12.3. The summed E-state index contributed by atoms with van der Waals surface area (Å²) < 4.78 is 35.2. The summed E-state index contributed by atoms with van der Waals surface area (Å²) in [7, 11) is -3.54.